The van der Waals surface area contributed by atoms with Crippen molar-refractivity contribution < 1.29 is 17.9 Å². The zero-order valence-electron chi connectivity index (χ0n) is 18.4. The van der Waals surface area contributed by atoms with E-state index in [0.29, 0.717) is 37.6 Å². The topological polar surface area (TPSA) is 88.0 Å². The van der Waals surface area contributed by atoms with Crippen molar-refractivity contribution in [3.8, 4) is 0 Å². The van der Waals surface area contributed by atoms with Crippen molar-refractivity contribution in [1.29, 1.82) is 0 Å². The first-order chi connectivity index (χ1) is 14.6. The van der Waals surface area contributed by atoms with Gasteiger partial charge in [0.2, 0.25) is 0 Å². The van der Waals surface area contributed by atoms with Gasteiger partial charge in [0.05, 0.1) is 36.7 Å². The van der Waals surface area contributed by atoms with Crippen LogP contribution in [0.25, 0.3) is 0 Å². The maximum atomic E-state index is 13.3. The second-order valence-electron chi connectivity index (χ2n) is 9.01. The molecule has 31 heavy (non-hydrogen) atoms. The first-order valence-electron chi connectivity index (χ1n) is 10.4. The van der Waals surface area contributed by atoms with Crippen molar-refractivity contribution in [1.82, 2.24) is 19.0 Å². The molecule has 9 nitrogen and oxygen atoms in total. The normalized spacial score (nSPS) is 21.2. The smallest absolute Gasteiger partial charge is 0.410 e. The zero-order chi connectivity index (χ0) is 22.4. The van der Waals surface area contributed by atoms with Crippen LogP contribution in [0.5, 0.6) is 0 Å². The Morgan fingerprint density at radius 2 is 1.90 bits per heavy atom. The average Bonchev–Trinajstić information content (AvgIpc) is 3.20. The van der Waals surface area contributed by atoms with Gasteiger partial charge in [0, 0.05) is 19.6 Å². The number of carbonyl (C=O) groups excluding carboxylic acids is 1. The Morgan fingerprint density at radius 3 is 2.58 bits per heavy atom. The predicted molar refractivity (Wildman–Crippen MR) is 117 cm³/mol. The fraction of sp³-hybridized carbons (Fsp3) is 0.524. The van der Waals surface area contributed by atoms with Crippen molar-refractivity contribution in [2.24, 2.45) is 0 Å². The Morgan fingerprint density at radius 1 is 1.19 bits per heavy atom. The number of hydrogen-bond donors (Lipinski definition) is 0. The summed E-state index contributed by atoms with van der Waals surface area (Å²) in [6, 6.07) is 9.43. The van der Waals surface area contributed by atoms with Crippen LogP contribution >= 0.6 is 0 Å². The molecule has 0 unspecified atom stereocenters. The number of anilines is 1. The summed E-state index contributed by atoms with van der Waals surface area (Å²) in [7, 11) is -3.68. The molecule has 0 radical (unpaired) electrons. The molecule has 2 aliphatic rings. The number of hydrogen-bond acceptors (Lipinski definition) is 5. The summed E-state index contributed by atoms with van der Waals surface area (Å²) in [5.41, 5.74) is 1.56. The summed E-state index contributed by atoms with van der Waals surface area (Å²) in [6.07, 6.45) is 1.18. The number of ether oxygens (including phenoxy) is 1. The average molecular weight is 448 g/mol. The molecule has 0 saturated carbocycles. The minimum absolute atomic E-state index is 0.111. The lowest BCUT2D eigenvalue weighted by molar-refractivity contribution is 0.00914. The van der Waals surface area contributed by atoms with E-state index < -0.39 is 21.9 Å². The van der Waals surface area contributed by atoms with Gasteiger partial charge in [-0.2, -0.15) is 17.8 Å². The number of carbonyl (C=O) groups is 1. The van der Waals surface area contributed by atoms with E-state index in [1.165, 1.54) is 8.61 Å². The summed E-state index contributed by atoms with van der Waals surface area (Å²) < 4.78 is 36.7. The van der Waals surface area contributed by atoms with Gasteiger partial charge in [0.1, 0.15) is 5.60 Å². The van der Waals surface area contributed by atoms with Gasteiger partial charge in [0.15, 0.2) is 0 Å². The third kappa shape index (κ3) is 4.27. The fourth-order valence-corrected chi connectivity index (χ4v) is 5.54. The van der Waals surface area contributed by atoms with Crippen LogP contribution in [0.15, 0.2) is 36.5 Å². The van der Waals surface area contributed by atoms with Crippen LogP contribution in [0.2, 0.25) is 0 Å². The summed E-state index contributed by atoms with van der Waals surface area (Å²) >= 11 is 0. The lowest BCUT2D eigenvalue weighted by atomic mass is 10.2. The van der Waals surface area contributed by atoms with Gasteiger partial charge in [-0.05, 0) is 33.3 Å². The molecule has 1 saturated heterocycles. The summed E-state index contributed by atoms with van der Waals surface area (Å²) in [6.45, 7) is 9.21. The molecule has 1 atom stereocenters. The van der Waals surface area contributed by atoms with Crippen molar-refractivity contribution in [3.63, 3.8) is 0 Å². The van der Waals surface area contributed by atoms with Gasteiger partial charge >= 0.3 is 16.3 Å². The molecule has 1 amide bonds. The van der Waals surface area contributed by atoms with E-state index >= 15 is 0 Å². The number of rotatable bonds is 3. The molecule has 2 aliphatic heterocycles. The summed E-state index contributed by atoms with van der Waals surface area (Å²) in [5, 5.41) is 4.41. The molecule has 168 valence electrons. The first-order valence-corrected chi connectivity index (χ1v) is 11.8. The van der Waals surface area contributed by atoms with Gasteiger partial charge in [-0.3, -0.25) is 13.9 Å². The van der Waals surface area contributed by atoms with Gasteiger partial charge in [-0.1, -0.05) is 30.3 Å². The molecule has 10 heteroatoms. The molecule has 0 spiro atoms. The van der Waals surface area contributed by atoms with Crippen LogP contribution in [0, 0.1) is 0 Å². The Balaban J connectivity index is 1.57. The molecule has 4 rings (SSSR count). The Labute approximate surface area is 183 Å². The van der Waals surface area contributed by atoms with Crippen molar-refractivity contribution in [3.05, 3.63) is 47.8 Å². The van der Waals surface area contributed by atoms with Gasteiger partial charge < -0.3 is 4.74 Å². The maximum absolute atomic E-state index is 13.3. The molecule has 0 aliphatic carbocycles. The highest BCUT2D eigenvalue weighted by molar-refractivity contribution is 7.90. The van der Waals surface area contributed by atoms with Gasteiger partial charge in [-0.25, -0.2) is 4.79 Å². The molecule has 1 fully saturated rings. The van der Waals surface area contributed by atoms with Gasteiger partial charge in [0.25, 0.3) is 0 Å². The Hall–Kier alpha value is -2.59. The van der Waals surface area contributed by atoms with E-state index in [-0.39, 0.29) is 12.6 Å². The van der Waals surface area contributed by atoms with Gasteiger partial charge in [-0.15, -0.1) is 0 Å². The maximum Gasteiger partial charge on any atom is 0.410 e. The summed E-state index contributed by atoms with van der Waals surface area (Å²) in [5.74, 6) is 0. The zero-order valence-corrected chi connectivity index (χ0v) is 19.2. The second-order valence-corrected chi connectivity index (χ2v) is 10.9. The third-order valence-corrected chi connectivity index (χ3v) is 7.37. The van der Waals surface area contributed by atoms with Crippen LogP contribution in [-0.4, -0.2) is 58.2 Å². The largest absolute Gasteiger partial charge is 0.444 e. The Kier molecular flexibility index (Phi) is 5.47. The number of fused-ring (bicyclic) bond motifs is 1. The predicted octanol–water partition coefficient (Wildman–Crippen LogP) is 2.59. The first kappa shape index (κ1) is 21.6. The fourth-order valence-electron chi connectivity index (χ4n) is 3.93. The van der Waals surface area contributed by atoms with E-state index in [4.69, 9.17) is 4.74 Å². The number of nitrogens with zero attached hydrogens (tertiary/aromatic N) is 5. The monoisotopic (exact) mass is 447 g/mol. The number of amides is 1. The van der Waals surface area contributed by atoms with E-state index in [2.05, 4.69) is 5.10 Å². The molecule has 3 heterocycles. The molecular weight excluding hydrogens is 418 g/mol. The molecule has 2 aromatic rings. The molecule has 0 N–H and O–H groups in total. The SMILES string of the molecule is C[C@H]1Cn2ncc(N3CCN(Cc4ccccc4)S3(=O)=O)c2CN1C(=O)OC(C)(C)C. The van der Waals surface area contributed by atoms with E-state index in [1.807, 2.05) is 58.0 Å². The second kappa shape index (κ2) is 7.83. The van der Waals surface area contributed by atoms with Crippen LogP contribution < -0.4 is 4.31 Å². The van der Waals surface area contributed by atoms with Crippen LogP contribution in [0.3, 0.4) is 0 Å². The standard InChI is InChI=1S/C21H29N5O4S/c1-16-13-25-19(15-24(16)20(27)30-21(2,3)4)18(12-22-25)26-11-10-23(31(26,28)29)14-17-8-6-5-7-9-17/h5-9,12,16H,10-11,13-15H2,1-4H3/t16-/m0/s1. The van der Waals surface area contributed by atoms with E-state index in [9.17, 15) is 13.2 Å². The molecule has 1 aromatic heterocycles. The van der Waals surface area contributed by atoms with E-state index in [1.54, 1.807) is 15.8 Å². The molecule has 1 aromatic carbocycles. The van der Waals surface area contributed by atoms with E-state index in [0.717, 1.165) is 5.56 Å². The lowest BCUT2D eigenvalue weighted by Gasteiger charge is -2.36. The van der Waals surface area contributed by atoms with Crippen molar-refractivity contribution in [2.75, 3.05) is 17.4 Å². The number of benzene rings is 1. The minimum atomic E-state index is -3.68. The highest BCUT2D eigenvalue weighted by Gasteiger charge is 2.41. The van der Waals surface area contributed by atoms with Crippen LogP contribution in [0.1, 0.15) is 39.0 Å². The molecular formula is C21H29N5O4S. The highest BCUT2D eigenvalue weighted by atomic mass is 32.2. The third-order valence-electron chi connectivity index (χ3n) is 5.47. The van der Waals surface area contributed by atoms with Crippen LogP contribution in [-0.2, 0) is 34.6 Å². The minimum Gasteiger partial charge on any atom is -0.444 e. The molecule has 0 bridgehead atoms. The van der Waals surface area contributed by atoms with Crippen molar-refractivity contribution >= 4 is 22.0 Å². The Bertz CT molecular complexity index is 1060. The summed E-state index contributed by atoms with van der Waals surface area (Å²) in [4.78, 5) is 14.3. The lowest BCUT2D eigenvalue weighted by Crippen LogP contribution is -2.47. The quantitative estimate of drug-likeness (QED) is 0.722. The number of aromatic nitrogens is 2. The highest BCUT2D eigenvalue weighted by Crippen LogP contribution is 2.33. The van der Waals surface area contributed by atoms with Crippen molar-refractivity contribution in [2.45, 2.75) is 59.0 Å². The van der Waals surface area contributed by atoms with Crippen LogP contribution in [0.4, 0.5) is 10.5 Å².